The third kappa shape index (κ3) is 3.69. The van der Waals surface area contributed by atoms with E-state index in [2.05, 4.69) is 20.0 Å². The first kappa shape index (κ1) is 17.3. The second-order valence-electron chi connectivity index (χ2n) is 5.57. The molecule has 0 spiro atoms. The highest BCUT2D eigenvalue weighted by Gasteiger charge is 2.19. The first-order chi connectivity index (χ1) is 12.9. The lowest BCUT2D eigenvalue weighted by Gasteiger charge is -2.13. The lowest BCUT2D eigenvalue weighted by Crippen LogP contribution is -2.17. The van der Waals surface area contributed by atoms with Crippen molar-refractivity contribution in [2.24, 2.45) is 0 Å². The van der Waals surface area contributed by atoms with Crippen LogP contribution < -0.4 is 14.8 Å². The van der Waals surface area contributed by atoms with Gasteiger partial charge in [-0.1, -0.05) is 23.7 Å². The summed E-state index contributed by atoms with van der Waals surface area (Å²) in [5.41, 5.74) is 0.648. The molecule has 4 rings (SSSR count). The quantitative estimate of drug-likeness (QED) is 0.558. The van der Waals surface area contributed by atoms with E-state index < -0.39 is 15.9 Å². The van der Waals surface area contributed by atoms with E-state index in [0.29, 0.717) is 17.0 Å². The first-order valence-corrected chi connectivity index (χ1v) is 9.52. The van der Waals surface area contributed by atoms with Gasteiger partial charge in [0.25, 0.3) is 15.9 Å². The van der Waals surface area contributed by atoms with Gasteiger partial charge in [-0.2, -0.15) is 4.98 Å². The normalized spacial score (nSPS) is 14.9. The Balaban J connectivity index is 1.90. The maximum Gasteiger partial charge on any atom is 0.264 e. The van der Waals surface area contributed by atoms with Gasteiger partial charge in [-0.15, -0.1) is 0 Å². The Bertz CT molecular complexity index is 1170. The zero-order valence-corrected chi connectivity index (χ0v) is 15.1. The summed E-state index contributed by atoms with van der Waals surface area (Å²) in [7, 11) is -4.00. The van der Waals surface area contributed by atoms with Crippen LogP contribution in [0.1, 0.15) is 10.4 Å². The van der Waals surface area contributed by atoms with Crippen molar-refractivity contribution in [3.05, 3.63) is 65.3 Å². The van der Waals surface area contributed by atoms with E-state index >= 15 is 0 Å². The lowest BCUT2D eigenvalue weighted by molar-refractivity contribution is 0.102. The van der Waals surface area contributed by atoms with Crippen molar-refractivity contribution in [2.45, 2.75) is 4.90 Å². The lowest BCUT2D eigenvalue weighted by atomic mass is 10.2. The molecule has 0 saturated carbocycles. The third-order valence-electron chi connectivity index (χ3n) is 3.62. The summed E-state index contributed by atoms with van der Waals surface area (Å²) in [5.74, 6) is -0.297. The molecule has 2 aromatic carbocycles. The van der Waals surface area contributed by atoms with Crippen molar-refractivity contribution in [3.8, 4) is 11.6 Å². The predicted molar refractivity (Wildman–Crippen MR) is 98.8 cm³/mol. The fraction of sp³-hybridized carbons (Fsp3) is 0. The van der Waals surface area contributed by atoms with Crippen molar-refractivity contribution in [1.82, 2.24) is 9.97 Å². The monoisotopic (exact) mass is 402 g/mol. The Morgan fingerprint density at radius 1 is 1.00 bits per heavy atom. The van der Waals surface area contributed by atoms with Gasteiger partial charge in [0.15, 0.2) is 0 Å². The van der Waals surface area contributed by atoms with Crippen molar-refractivity contribution < 1.29 is 17.9 Å². The minimum Gasteiger partial charge on any atom is -0.439 e. The number of ether oxygens (including phenoxy) is 1. The summed E-state index contributed by atoms with van der Waals surface area (Å²) in [5, 5.41) is 2.65. The molecule has 1 aliphatic rings. The zero-order chi connectivity index (χ0) is 19.0. The molecule has 1 aliphatic heterocycles. The second-order valence-corrected chi connectivity index (χ2v) is 7.64. The average molecular weight is 403 g/mol. The Kier molecular flexibility index (Phi) is 4.17. The number of benzene rings is 2. The Morgan fingerprint density at radius 3 is 2.67 bits per heavy atom. The van der Waals surface area contributed by atoms with Gasteiger partial charge in [0.1, 0.15) is 10.9 Å². The largest absolute Gasteiger partial charge is 0.439 e. The minimum atomic E-state index is -4.00. The molecule has 0 aliphatic carbocycles. The highest BCUT2D eigenvalue weighted by atomic mass is 35.5. The molecular formula is C17H11ClN4O4S. The molecule has 0 fully saturated rings. The van der Waals surface area contributed by atoms with Crippen molar-refractivity contribution in [2.75, 3.05) is 10.0 Å². The molecule has 2 heterocycles. The summed E-state index contributed by atoms with van der Waals surface area (Å²) < 4.78 is 33.1. The first-order valence-electron chi connectivity index (χ1n) is 7.66. The number of nitrogens with zero attached hydrogens (tertiary/aromatic N) is 2. The van der Waals surface area contributed by atoms with Crippen molar-refractivity contribution in [3.63, 3.8) is 0 Å². The van der Waals surface area contributed by atoms with Gasteiger partial charge in [-0.3, -0.25) is 4.79 Å². The van der Waals surface area contributed by atoms with Crippen LogP contribution in [0, 0.1) is 0 Å². The third-order valence-corrected chi connectivity index (χ3v) is 5.14. The Labute approximate surface area is 159 Å². The number of rotatable bonds is 0. The van der Waals surface area contributed by atoms with E-state index in [9.17, 15) is 13.2 Å². The fourth-order valence-electron chi connectivity index (χ4n) is 2.44. The number of amides is 1. The van der Waals surface area contributed by atoms with Gasteiger partial charge in [-0.05, 0) is 36.4 Å². The second kappa shape index (κ2) is 6.53. The average Bonchev–Trinajstić information content (AvgIpc) is 2.60. The van der Waals surface area contributed by atoms with E-state index in [1.165, 1.54) is 30.3 Å². The van der Waals surface area contributed by atoms with Crippen LogP contribution >= 0.6 is 11.6 Å². The van der Waals surface area contributed by atoms with Gasteiger partial charge < -0.3 is 10.1 Å². The molecule has 1 aromatic heterocycles. The van der Waals surface area contributed by atoms with Crippen LogP contribution in [0.25, 0.3) is 0 Å². The molecule has 0 atom stereocenters. The number of hydrogen-bond donors (Lipinski definition) is 2. The van der Waals surface area contributed by atoms with E-state index in [0.717, 1.165) is 0 Å². The summed E-state index contributed by atoms with van der Waals surface area (Å²) in [6, 6.07) is 13.6. The van der Waals surface area contributed by atoms with Gasteiger partial charge in [-0.25, -0.2) is 18.1 Å². The number of hydrogen-bond acceptors (Lipinski definition) is 6. The van der Waals surface area contributed by atoms with Crippen LogP contribution in [-0.4, -0.2) is 24.3 Å². The summed E-state index contributed by atoms with van der Waals surface area (Å²) in [6.07, 6.45) is 0. The van der Waals surface area contributed by atoms with Gasteiger partial charge in [0.05, 0.1) is 4.90 Å². The summed E-state index contributed by atoms with van der Waals surface area (Å²) in [6.45, 7) is 0. The van der Waals surface area contributed by atoms with Crippen LogP contribution in [0.4, 0.5) is 11.6 Å². The number of sulfonamides is 1. The van der Waals surface area contributed by atoms with Gasteiger partial charge in [0, 0.05) is 17.3 Å². The SMILES string of the molecule is O=C1Nc2cccc(c2)S(=O)(=O)Nc2nc(Cl)cc(n2)Oc2cccc1c2. The number of halogens is 1. The molecule has 2 N–H and O–H groups in total. The molecule has 27 heavy (non-hydrogen) atoms. The smallest absolute Gasteiger partial charge is 0.264 e. The number of aromatic nitrogens is 2. The molecule has 1 amide bonds. The predicted octanol–water partition coefficient (Wildman–Crippen LogP) is 3.29. The molecule has 0 radical (unpaired) electrons. The topological polar surface area (TPSA) is 110 Å². The Hall–Kier alpha value is -3.17. The molecular weight excluding hydrogens is 392 g/mol. The zero-order valence-electron chi connectivity index (χ0n) is 13.5. The molecule has 10 heteroatoms. The number of carbonyl (C=O) groups is 1. The van der Waals surface area contributed by atoms with E-state index in [-0.39, 0.29) is 21.9 Å². The maximum atomic E-state index is 12.6. The standard InChI is InChI=1S/C17H11ClN4O4S/c18-14-9-15-21-17(20-14)22-27(24,25)13-6-2-4-11(8-13)19-16(23)10-3-1-5-12(7-10)26-15/h1-9H,(H,19,23)(H,20,21,22). The number of carbonyl (C=O) groups excluding carboxylic acids is 1. The Morgan fingerprint density at radius 2 is 1.81 bits per heavy atom. The number of anilines is 2. The van der Waals surface area contributed by atoms with E-state index in [4.69, 9.17) is 16.3 Å². The highest BCUT2D eigenvalue weighted by Crippen LogP contribution is 2.26. The number of nitrogens with one attached hydrogen (secondary N) is 2. The number of fused-ring (bicyclic) bond motifs is 6. The van der Waals surface area contributed by atoms with Crippen LogP contribution in [-0.2, 0) is 10.0 Å². The molecule has 0 unspecified atom stereocenters. The van der Waals surface area contributed by atoms with Crippen LogP contribution in [0.5, 0.6) is 11.6 Å². The van der Waals surface area contributed by atoms with Crippen molar-refractivity contribution in [1.29, 1.82) is 0 Å². The molecule has 136 valence electrons. The highest BCUT2D eigenvalue weighted by molar-refractivity contribution is 7.92. The minimum absolute atomic E-state index is 0.00700. The fourth-order valence-corrected chi connectivity index (χ4v) is 3.60. The van der Waals surface area contributed by atoms with E-state index in [1.807, 2.05) is 0 Å². The molecule has 6 bridgehead atoms. The molecule has 8 nitrogen and oxygen atoms in total. The van der Waals surface area contributed by atoms with Crippen molar-refractivity contribution >= 4 is 39.2 Å². The summed E-state index contributed by atoms with van der Waals surface area (Å²) >= 11 is 5.95. The molecule has 3 aromatic rings. The summed E-state index contributed by atoms with van der Waals surface area (Å²) in [4.78, 5) is 20.3. The van der Waals surface area contributed by atoms with Gasteiger partial charge in [0.2, 0.25) is 11.8 Å². The van der Waals surface area contributed by atoms with E-state index in [1.54, 1.807) is 24.3 Å². The van der Waals surface area contributed by atoms with Crippen LogP contribution in [0.15, 0.2) is 59.5 Å². The maximum absolute atomic E-state index is 12.6. The van der Waals surface area contributed by atoms with Crippen LogP contribution in [0.3, 0.4) is 0 Å². The van der Waals surface area contributed by atoms with Gasteiger partial charge >= 0.3 is 0 Å². The molecule has 0 saturated heterocycles. The van der Waals surface area contributed by atoms with Crippen LogP contribution in [0.2, 0.25) is 5.15 Å².